The lowest BCUT2D eigenvalue weighted by Crippen LogP contribution is -2.50. The number of para-hydroxylation sites is 1. The standard InChI is InChI=1S/C23H27N3O3S/c1-3-17(2)18-8-10-20(11-9-18)30(28,29)26-14-12-25(13-15-26)23(27)22-16-19-6-4-5-7-21(19)24-22/h4-11,16-17,24H,3,12-15H2,1-2H3/t17-/m1/s1. The van der Waals surface area contributed by atoms with E-state index in [1.54, 1.807) is 17.0 Å². The van der Waals surface area contributed by atoms with Gasteiger partial charge in [-0.15, -0.1) is 0 Å². The van der Waals surface area contributed by atoms with Gasteiger partial charge in [-0.1, -0.05) is 44.2 Å². The number of piperazine rings is 1. The molecule has 158 valence electrons. The lowest BCUT2D eigenvalue weighted by molar-refractivity contribution is 0.0693. The van der Waals surface area contributed by atoms with Crippen molar-refractivity contribution in [3.05, 3.63) is 65.9 Å². The number of benzene rings is 2. The van der Waals surface area contributed by atoms with E-state index in [-0.39, 0.29) is 5.91 Å². The maximum atomic E-state index is 13.0. The Kier molecular flexibility index (Phi) is 5.66. The SMILES string of the molecule is CC[C@@H](C)c1ccc(S(=O)(=O)N2CCN(C(=O)c3cc4ccccc4[nH]3)CC2)cc1. The summed E-state index contributed by atoms with van der Waals surface area (Å²) >= 11 is 0. The summed E-state index contributed by atoms with van der Waals surface area (Å²) in [6.45, 7) is 5.58. The second kappa shape index (κ2) is 8.24. The molecule has 0 spiro atoms. The van der Waals surface area contributed by atoms with Crippen LogP contribution in [0.3, 0.4) is 0 Å². The van der Waals surface area contributed by atoms with Gasteiger partial charge in [-0.05, 0) is 42.2 Å². The molecule has 1 fully saturated rings. The molecular weight excluding hydrogens is 398 g/mol. The quantitative estimate of drug-likeness (QED) is 0.675. The van der Waals surface area contributed by atoms with Crippen LogP contribution in [0.1, 0.15) is 42.2 Å². The summed E-state index contributed by atoms with van der Waals surface area (Å²) in [4.78, 5) is 18.0. The van der Waals surface area contributed by atoms with Crippen LogP contribution in [0.5, 0.6) is 0 Å². The van der Waals surface area contributed by atoms with Gasteiger partial charge in [0, 0.05) is 37.1 Å². The van der Waals surface area contributed by atoms with E-state index in [1.807, 2.05) is 42.5 Å². The monoisotopic (exact) mass is 425 g/mol. The van der Waals surface area contributed by atoms with E-state index in [4.69, 9.17) is 0 Å². The van der Waals surface area contributed by atoms with Crippen LogP contribution < -0.4 is 0 Å². The van der Waals surface area contributed by atoms with Gasteiger partial charge >= 0.3 is 0 Å². The van der Waals surface area contributed by atoms with Gasteiger partial charge in [0.2, 0.25) is 10.0 Å². The lowest BCUT2D eigenvalue weighted by atomic mass is 9.99. The number of aromatic nitrogens is 1. The van der Waals surface area contributed by atoms with Crippen LogP contribution in [-0.2, 0) is 10.0 Å². The van der Waals surface area contributed by atoms with Crippen LogP contribution in [0, 0.1) is 0 Å². The average Bonchev–Trinajstić information content (AvgIpc) is 3.22. The molecular formula is C23H27N3O3S. The van der Waals surface area contributed by atoms with E-state index in [2.05, 4.69) is 18.8 Å². The number of H-pyrrole nitrogens is 1. The molecule has 6 nitrogen and oxygen atoms in total. The van der Waals surface area contributed by atoms with Crippen molar-refractivity contribution in [3.63, 3.8) is 0 Å². The van der Waals surface area contributed by atoms with Gasteiger partial charge in [0.1, 0.15) is 5.69 Å². The van der Waals surface area contributed by atoms with Crippen LogP contribution in [0.2, 0.25) is 0 Å². The fourth-order valence-electron chi connectivity index (χ4n) is 3.84. The number of hydrogen-bond donors (Lipinski definition) is 1. The molecule has 1 N–H and O–H groups in total. The molecule has 0 saturated carbocycles. The minimum absolute atomic E-state index is 0.0962. The Morgan fingerprint density at radius 1 is 1.03 bits per heavy atom. The molecule has 1 saturated heterocycles. The highest BCUT2D eigenvalue weighted by Crippen LogP contribution is 2.23. The summed E-state index contributed by atoms with van der Waals surface area (Å²) in [7, 11) is -3.56. The number of carbonyl (C=O) groups is 1. The fraction of sp³-hybridized carbons (Fsp3) is 0.348. The minimum atomic E-state index is -3.56. The zero-order valence-corrected chi connectivity index (χ0v) is 18.2. The van der Waals surface area contributed by atoms with Crippen molar-refractivity contribution in [3.8, 4) is 0 Å². The second-order valence-electron chi connectivity index (χ2n) is 7.84. The first-order valence-corrected chi connectivity index (χ1v) is 11.8. The first kappa shape index (κ1) is 20.6. The molecule has 0 radical (unpaired) electrons. The van der Waals surface area contributed by atoms with E-state index < -0.39 is 10.0 Å². The third-order valence-corrected chi connectivity index (χ3v) is 7.90. The van der Waals surface area contributed by atoms with Gasteiger partial charge in [-0.3, -0.25) is 4.79 Å². The van der Waals surface area contributed by atoms with Gasteiger partial charge in [0.05, 0.1) is 4.90 Å². The van der Waals surface area contributed by atoms with Crippen LogP contribution in [0.15, 0.2) is 59.5 Å². The van der Waals surface area contributed by atoms with E-state index in [1.165, 1.54) is 4.31 Å². The van der Waals surface area contributed by atoms with Crippen LogP contribution >= 0.6 is 0 Å². The van der Waals surface area contributed by atoms with Crippen molar-refractivity contribution < 1.29 is 13.2 Å². The van der Waals surface area contributed by atoms with Crippen molar-refractivity contribution in [2.24, 2.45) is 0 Å². The minimum Gasteiger partial charge on any atom is -0.351 e. The summed E-state index contributed by atoms with van der Waals surface area (Å²) in [6, 6.07) is 16.8. The van der Waals surface area contributed by atoms with Gasteiger partial charge in [-0.25, -0.2) is 8.42 Å². The van der Waals surface area contributed by atoms with Gasteiger partial charge < -0.3 is 9.88 Å². The lowest BCUT2D eigenvalue weighted by Gasteiger charge is -2.33. The number of amides is 1. The molecule has 1 amide bonds. The Morgan fingerprint density at radius 2 is 1.70 bits per heavy atom. The fourth-order valence-corrected chi connectivity index (χ4v) is 5.27. The number of sulfonamides is 1. The summed E-state index contributed by atoms with van der Waals surface area (Å²) < 4.78 is 27.5. The van der Waals surface area contributed by atoms with Crippen LogP contribution in [0.25, 0.3) is 10.9 Å². The number of carbonyl (C=O) groups excluding carboxylic acids is 1. The molecule has 1 aromatic heterocycles. The molecule has 2 heterocycles. The summed E-state index contributed by atoms with van der Waals surface area (Å²) in [5.74, 6) is 0.308. The highest BCUT2D eigenvalue weighted by atomic mass is 32.2. The molecule has 7 heteroatoms. The molecule has 0 bridgehead atoms. The average molecular weight is 426 g/mol. The highest BCUT2D eigenvalue weighted by Gasteiger charge is 2.30. The summed E-state index contributed by atoms with van der Waals surface area (Å²) in [6.07, 6.45) is 1.01. The topological polar surface area (TPSA) is 73.5 Å². The van der Waals surface area contributed by atoms with Crippen molar-refractivity contribution >= 4 is 26.8 Å². The van der Waals surface area contributed by atoms with Crippen molar-refractivity contribution in [2.75, 3.05) is 26.2 Å². The Morgan fingerprint density at radius 3 is 2.33 bits per heavy atom. The number of hydrogen-bond acceptors (Lipinski definition) is 3. The number of rotatable bonds is 5. The van der Waals surface area contributed by atoms with Gasteiger partial charge in [0.15, 0.2) is 0 Å². The number of nitrogens with one attached hydrogen (secondary N) is 1. The number of aromatic amines is 1. The predicted octanol–water partition coefficient (Wildman–Crippen LogP) is 3.83. The predicted molar refractivity (Wildman–Crippen MR) is 118 cm³/mol. The smallest absolute Gasteiger partial charge is 0.270 e. The first-order valence-electron chi connectivity index (χ1n) is 10.4. The van der Waals surface area contributed by atoms with Gasteiger partial charge in [0.25, 0.3) is 5.91 Å². The third kappa shape index (κ3) is 3.87. The Hall–Kier alpha value is -2.64. The molecule has 0 aliphatic carbocycles. The summed E-state index contributed by atoms with van der Waals surface area (Å²) in [5.41, 5.74) is 2.60. The van der Waals surface area contributed by atoms with Crippen molar-refractivity contribution in [2.45, 2.75) is 31.1 Å². The Balaban J connectivity index is 1.43. The van der Waals surface area contributed by atoms with Crippen LogP contribution in [-0.4, -0.2) is 54.7 Å². The molecule has 1 aliphatic heterocycles. The van der Waals surface area contributed by atoms with Crippen molar-refractivity contribution in [1.29, 1.82) is 0 Å². The molecule has 1 atom stereocenters. The Labute approximate surface area is 177 Å². The maximum absolute atomic E-state index is 13.0. The Bertz CT molecular complexity index is 1110. The normalized spacial score (nSPS) is 16.7. The highest BCUT2D eigenvalue weighted by molar-refractivity contribution is 7.89. The van der Waals surface area contributed by atoms with Gasteiger partial charge in [-0.2, -0.15) is 4.31 Å². The van der Waals surface area contributed by atoms with E-state index >= 15 is 0 Å². The molecule has 2 aromatic carbocycles. The summed E-state index contributed by atoms with van der Waals surface area (Å²) in [5, 5.41) is 0.989. The zero-order chi connectivity index (χ0) is 21.3. The first-order chi connectivity index (χ1) is 14.4. The zero-order valence-electron chi connectivity index (χ0n) is 17.3. The molecule has 30 heavy (non-hydrogen) atoms. The molecule has 1 aliphatic rings. The maximum Gasteiger partial charge on any atom is 0.270 e. The van der Waals surface area contributed by atoms with E-state index in [9.17, 15) is 13.2 Å². The molecule has 3 aromatic rings. The van der Waals surface area contributed by atoms with E-state index in [0.717, 1.165) is 22.9 Å². The second-order valence-corrected chi connectivity index (χ2v) is 9.78. The molecule has 4 rings (SSSR count). The number of nitrogens with zero attached hydrogens (tertiary/aromatic N) is 2. The van der Waals surface area contributed by atoms with E-state index in [0.29, 0.717) is 42.7 Å². The number of fused-ring (bicyclic) bond motifs is 1. The molecule has 0 unspecified atom stereocenters. The van der Waals surface area contributed by atoms with Crippen molar-refractivity contribution in [1.82, 2.24) is 14.2 Å². The largest absolute Gasteiger partial charge is 0.351 e. The van der Waals surface area contributed by atoms with Crippen LogP contribution in [0.4, 0.5) is 0 Å². The third-order valence-electron chi connectivity index (χ3n) is 5.99.